The summed E-state index contributed by atoms with van der Waals surface area (Å²) in [6.07, 6.45) is 9.38. The Bertz CT molecular complexity index is 749. The van der Waals surface area contributed by atoms with Crippen molar-refractivity contribution in [3.8, 4) is 0 Å². The number of allylic oxidation sites excluding steroid dienone is 3. The van der Waals surface area contributed by atoms with Crippen molar-refractivity contribution in [2.24, 2.45) is 5.92 Å². The minimum Gasteiger partial charge on any atom is -0.0952 e. The van der Waals surface area contributed by atoms with E-state index in [1.54, 1.807) is 0 Å². The topological polar surface area (TPSA) is 0 Å². The fourth-order valence-electron chi connectivity index (χ4n) is 3.93. The predicted octanol–water partition coefficient (Wildman–Crippen LogP) is 7.96. The lowest BCUT2D eigenvalue weighted by atomic mass is 9.87. The van der Waals surface area contributed by atoms with Gasteiger partial charge in [-0.2, -0.15) is 0 Å². The van der Waals surface area contributed by atoms with Crippen LogP contribution in [0.25, 0.3) is 5.57 Å². The number of hydrogen-bond donors (Lipinski definition) is 0. The molecule has 0 aliphatic rings. The molecule has 0 aliphatic heterocycles. The zero-order valence-corrected chi connectivity index (χ0v) is 17.7. The van der Waals surface area contributed by atoms with Crippen LogP contribution in [0.4, 0.5) is 0 Å². The Morgan fingerprint density at radius 3 is 2.37 bits per heavy atom. The average molecular weight is 361 g/mol. The van der Waals surface area contributed by atoms with Crippen molar-refractivity contribution in [1.82, 2.24) is 0 Å². The highest BCUT2D eigenvalue weighted by atomic mass is 14.2. The van der Waals surface area contributed by atoms with Crippen LogP contribution >= 0.6 is 0 Å². The zero-order chi connectivity index (χ0) is 19.6. The van der Waals surface area contributed by atoms with E-state index in [1.165, 1.54) is 59.1 Å². The van der Waals surface area contributed by atoms with Crippen LogP contribution in [-0.4, -0.2) is 0 Å². The third kappa shape index (κ3) is 6.24. The first-order chi connectivity index (χ1) is 13.1. The lowest BCUT2D eigenvalue weighted by molar-refractivity contribution is 0.443. The molecular formula is C27H36. The second-order valence-corrected chi connectivity index (χ2v) is 7.69. The summed E-state index contributed by atoms with van der Waals surface area (Å²) in [5.41, 5.74) is 8.16. The first-order valence-corrected chi connectivity index (χ1v) is 10.6. The van der Waals surface area contributed by atoms with Gasteiger partial charge in [-0.25, -0.2) is 0 Å². The summed E-state index contributed by atoms with van der Waals surface area (Å²) in [5.74, 6) is 0.758. The standard InChI is InChI=1S/C27H36/c1-6-12-23(19-24-13-10-9-11-14-24)17-18-25-16-15-22(5)27(20-25)26(8-3)21(4)7-2/h8-11,13-16,20,23H,4,6-7,12,17-19H2,1-3,5H3/b26-8-. The van der Waals surface area contributed by atoms with E-state index in [9.17, 15) is 0 Å². The van der Waals surface area contributed by atoms with Crippen LogP contribution in [0.3, 0.4) is 0 Å². The van der Waals surface area contributed by atoms with E-state index in [0.29, 0.717) is 0 Å². The second kappa shape index (κ2) is 10.9. The highest BCUT2D eigenvalue weighted by molar-refractivity contribution is 5.80. The van der Waals surface area contributed by atoms with E-state index in [2.05, 4.69) is 88.9 Å². The number of rotatable bonds is 10. The maximum absolute atomic E-state index is 4.27. The molecule has 0 bridgehead atoms. The first-order valence-electron chi connectivity index (χ1n) is 10.6. The van der Waals surface area contributed by atoms with Crippen molar-refractivity contribution in [2.45, 2.75) is 66.2 Å². The predicted molar refractivity (Wildman–Crippen MR) is 121 cm³/mol. The maximum atomic E-state index is 4.27. The van der Waals surface area contributed by atoms with Gasteiger partial charge in [0.25, 0.3) is 0 Å². The van der Waals surface area contributed by atoms with E-state index < -0.39 is 0 Å². The van der Waals surface area contributed by atoms with Crippen molar-refractivity contribution in [3.05, 3.63) is 89.0 Å². The quantitative estimate of drug-likeness (QED) is 0.377. The molecule has 0 fully saturated rings. The molecule has 0 N–H and O–H groups in total. The normalized spacial score (nSPS) is 12.8. The molecule has 0 amide bonds. The monoisotopic (exact) mass is 360 g/mol. The largest absolute Gasteiger partial charge is 0.0952 e. The van der Waals surface area contributed by atoms with E-state index in [0.717, 1.165) is 18.8 Å². The van der Waals surface area contributed by atoms with Gasteiger partial charge in [-0.1, -0.05) is 87.9 Å². The van der Waals surface area contributed by atoms with Crippen molar-refractivity contribution >= 4 is 5.57 Å². The Kier molecular flexibility index (Phi) is 8.58. The molecule has 0 nitrogen and oxygen atoms in total. The summed E-state index contributed by atoms with van der Waals surface area (Å²) in [7, 11) is 0. The molecule has 2 aromatic carbocycles. The number of hydrogen-bond acceptors (Lipinski definition) is 0. The van der Waals surface area contributed by atoms with Gasteiger partial charge < -0.3 is 0 Å². The third-order valence-corrected chi connectivity index (χ3v) is 5.59. The van der Waals surface area contributed by atoms with Crippen LogP contribution in [-0.2, 0) is 12.8 Å². The Balaban J connectivity index is 2.11. The SMILES string of the molecule is C=C(CC)/C(=C/C)c1cc(CCC(CCC)Cc2ccccc2)ccc1C. The zero-order valence-electron chi connectivity index (χ0n) is 17.7. The minimum atomic E-state index is 0.758. The van der Waals surface area contributed by atoms with Gasteiger partial charge in [0.1, 0.15) is 0 Å². The molecule has 0 aromatic heterocycles. The van der Waals surface area contributed by atoms with E-state index in [4.69, 9.17) is 0 Å². The highest BCUT2D eigenvalue weighted by Crippen LogP contribution is 2.29. The second-order valence-electron chi connectivity index (χ2n) is 7.69. The third-order valence-electron chi connectivity index (χ3n) is 5.59. The van der Waals surface area contributed by atoms with Crippen LogP contribution in [0.15, 0.2) is 66.8 Å². The smallest absolute Gasteiger partial charge is 0.0153 e. The van der Waals surface area contributed by atoms with Gasteiger partial charge in [0.05, 0.1) is 0 Å². The molecule has 0 heteroatoms. The van der Waals surface area contributed by atoms with E-state index in [-0.39, 0.29) is 0 Å². The van der Waals surface area contributed by atoms with Crippen LogP contribution in [0.1, 0.15) is 68.7 Å². The fourth-order valence-corrected chi connectivity index (χ4v) is 3.93. The fraction of sp³-hybridized carbons (Fsp3) is 0.407. The van der Waals surface area contributed by atoms with Crippen LogP contribution in [0.2, 0.25) is 0 Å². The molecule has 0 spiro atoms. The molecule has 0 saturated heterocycles. The minimum absolute atomic E-state index is 0.758. The Morgan fingerprint density at radius 1 is 1.00 bits per heavy atom. The number of benzene rings is 2. The first kappa shape index (κ1) is 21.2. The van der Waals surface area contributed by atoms with Gasteiger partial charge in [-0.3, -0.25) is 0 Å². The molecule has 2 rings (SSSR count). The average Bonchev–Trinajstić information content (AvgIpc) is 2.69. The summed E-state index contributed by atoms with van der Waals surface area (Å²) < 4.78 is 0. The summed E-state index contributed by atoms with van der Waals surface area (Å²) in [4.78, 5) is 0. The summed E-state index contributed by atoms with van der Waals surface area (Å²) >= 11 is 0. The lowest BCUT2D eigenvalue weighted by Gasteiger charge is -2.18. The maximum Gasteiger partial charge on any atom is -0.0153 e. The van der Waals surface area contributed by atoms with Crippen molar-refractivity contribution in [3.63, 3.8) is 0 Å². The van der Waals surface area contributed by atoms with Crippen molar-refractivity contribution < 1.29 is 0 Å². The molecule has 0 aliphatic carbocycles. The summed E-state index contributed by atoms with van der Waals surface area (Å²) in [6, 6.07) is 17.9. The van der Waals surface area contributed by atoms with Gasteiger partial charge in [0.2, 0.25) is 0 Å². The van der Waals surface area contributed by atoms with E-state index in [1.807, 2.05) is 0 Å². The molecule has 0 radical (unpaired) electrons. The van der Waals surface area contributed by atoms with Crippen LogP contribution < -0.4 is 0 Å². The van der Waals surface area contributed by atoms with Gasteiger partial charge >= 0.3 is 0 Å². The Hall–Kier alpha value is -2.08. The van der Waals surface area contributed by atoms with Gasteiger partial charge in [-0.15, -0.1) is 0 Å². The molecule has 0 saturated carbocycles. The van der Waals surface area contributed by atoms with E-state index >= 15 is 0 Å². The summed E-state index contributed by atoms with van der Waals surface area (Å²) in [5, 5.41) is 0. The summed E-state index contributed by atoms with van der Waals surface area (Å²) in [6.45, 7) is 13.1. The van der Waals surface area contributed by atoms with Crippen LogP contribution in [0, 0.1) is 12.8 Å². The van der Waals surface area contributed by atoms with Gasteiger partial charge in [-0.05, 0) is 78.8 Å². The molecule has 2 aromatic rings. The Morgan fingerprint density at radius 2 is 1.74 bits per heavy atom. The number of aryl methyl sites for hydroxylation is 2. The molecule has 1 atom stereocenters. The van der Waals surface area contributed by atoms with Crippen molar-refractivity contribution in [2.75, 3.05) is 0 Å². The molecule has 0 heterocycles. The Labute approximate surface area is 167 Å². The molecule has 144 valence electrons. The van der Waals surface area contributed by atoms with Crippen LogP contribution in [0.5, 0.6) is 0 Å². The molecule has 27 heavy (non-hydrogen) atoms. The molecule has 1 unspecified atom stereocenters. The van der Waals surface area contributed by atoms with Gasteiger partial charge in [0, 0.05) is 0 Å². The highest BCUT2D eigenvalue weighted by Gasteiger charge is 2.12. The van der Waals surface area contributed by atoms with Gasteiger partial charge in [0.15, 0.2) is 0 Å². The lowest BCUT2D eigenvalue weighted by Crippen LogP contribution is -2.06. The van der Waals surface area contributed by atoms with Crippen molar-refractivity contribution in [1.29, 1.82) is 0 Å². The molecular weight excluding hydrogens is 324 g/mol.